The number of aliphatic hydroxyl groups is 3. The molecule has 0 heterocycles. The molecule has 0 aromatic carbocycles. The number of ether oxygens (including phenoxy) is 1. The van der Waals surface area contributed by atoms with E-state index in [1.54, 1.807) is 0 Å². The van der Waals surface area contributed by atoms with Crippen LogP contribution in [0.5, 0.6) is 0 Å². The lowest BCUT2D eigenvalue weighted by atomic mass is 10.4. The lowest BCUT2D eigenvalue weighted by molar-refractivity contribution is -0.138. The van der Waals surface area contributed by atoms with Gasteiger partial charge in [-0.25, -0.2) is 9.59 Å². The van der Waals surface area contributed by atoms with Gasteiger partial charge in [-0.2, -0.15) is 0 Å². The van der Waals surface area contributed by atoms with E-state index in [1.165, 1.54) is 13.8 Å². The maximum Gasteiger partial charge on any atom is 0.330 e. The Labute approximate surface area is 112 Å². The normalized spacial score (nSPS) is 9.74. The summed E-state index contributed by atoms with van der Waals surface area (Å²) in [4.78, 5) is 19.7. The van der Waals surface area contributed by atoms with Crippen LogP contribution in [-0.4, -0.2) is 58.3 Å². The lowest BCUT2D eigenvalue weighted by Gasteiger charge is -1.94. The lowest BCUT2D eigenvalue weighted by Crippen LogP contribution is -2.04. The van der Waals surface area contributed by atoms with Crippen molar-refractivity contribution in [2.24, 2.45) is 0 Å². The van der Waals surface area contributed by atoms with Crippen LogP contribution in [0.1, 0.15) is 13.8 Å². The SMILES string of the molecule is C=C(C)C(=O)O.C=CC(=O)OCCO.CC(O)CO. The molecule has 112 valence electrons. The molecule has 0 aromatic rings. The zero-order chi connectivity index (χ0) is 15.8. The van der Waals surface area contributed by atoms with Crippen molar-refractivity contribution >= 4 is 11.9 Å². The summed E-state index contributed by atoms with van der Waals surface area (Å²) in [5.74, 6) is -1.44. The number of aliphatic carboxylic acids is 1. The van der Waals surface area contributed by atoms with E-state index in [2.05, 4.69) is 17.9 Å². The fourth-order valence-corrected chi connectivity index (χ4v) is 0.205. The van der Waals surface area contributed by atoms with Gasteiger partial charge >= 0.3 is 11.9 Å². The zero-order valence-electron chi connectivity index (χ0n) is 11.2. The van der Waals surface area contributed by atoms with Gasteiger partial charge in [-0.3, -0.25) is 0 Å². The van der Waals surface area contributed by atoms with Crippen LogP contribution in [-0.2, 0) is 14.3 Å². The highest BCUT2D eigenvalue weighted by atomic mass is 16.5. The minimum atomic E-state index is -0.935. The molecule has 7 heteroatoms. The van der Waals surface area contributed by atoms with E-state index in [0.29, 0.717) is 0 Å². The summed E-state index contributed by atoms with van der Waals surface area (Å²) in [5.41, 5.74) is 0.176. The Morgan fingerprint density at radius 1 is 1.37 bits per heavy atom. The number of carbonyl (C=O) groups excluding carboxylic acids is 1. The second-order valence-electron chi connectivity index (χ2n) is 3.21. The fraction of sp³-hybridized carbons (Fsp3) is 0.500. The van der Waals surface area contributed by atoms with Gasteiger partial charge in [0.1, 0.15) is 6.61 Å². The van der Waals surface area contributed by atoms with Crippen LogP contribution in [0.25, 0.3) is 0 Å². The maximum absolute atomic E-state index is 10.1. The van der Waals surface area contributed by atoms with Crippen LogP contribution in [0.15, 0.2) is 24.8 Å². The van der Waals surface area contributed by atoms with Gasteiger partial charge in [0.05, 0.1) is 19.3 Å². The summed E-state index contributed by atoms with van der Waals surface area (Å²) in [5, 5.41) is 32.0. The van der Waals surface area contributed by atoms with Crippen molar-refractivity contribution in [3.63, 3.8) is 0 Å². The number of hydrogen-bond acceptors (Lipinski definition) is 6. The van der Waals surface area contributed by atoms with Crippen LogP contribution >= 0.6 is 0 Å². The molecule has 0 amide bonds. The number of hydrogen-bond donors (Lipinski definition) is 4. The van der Waals surface area contributed by atoms with Gasteiger partial charge in [-0.15, -0.1) is 0 Å². The minimum absolute atomic E-state index is 0.0465. The van der Waals surface area contributed by atoms with Crippen LogP contribution in [0.2, 0.25) is 0 Å². The molecule has 0 fully saturated rings. The quantitative estimate of drug-likeness (QED) is 0.402. The average Bonchev–Trinajstić information content (AvgIpc) is 2.37. The van der Waals surface area contributed by atoms with E-state index in [-0.39, 0.29) is 25.4 Å². The molecule has 0 aliphatic heterocycles. The molecule has 1 unspecified atom stereocenters. The summed E-state index contributed by atoms with van der Waals surface area (Å²) < 4.78 is 4.33. The van der Waals surface area contributed by atoms with E-state index in [9.17, 15) is 9.59 Å². The highest BCUT2D eigenvalue weighted by Crippen LogP contribution is 1.81. The molecule has 0 spiro atoms. The van der Waals surface area contributed by atoms with E-state index < -0.39 is 18.0 Å². The third-order valence-corrected chi connectivity index (χ3v) is 1.13. The van der Waals surface area contributed by atoms with Gasteiger partial charge in [0, 0.05) is 11.6 Å². The molecule has 0 aromatic heterocycles. The van der Waals surface area contributed by atoms with Gasteiger partial charge in [-0.05, 0) is 13.8 Å². The third-order valence-electron chi connectivity index (χ3n) is 1.13. The van der Waals surface area contributed by atoms with E-state index in [0.717, 1.165) is 6.08 Å². The Hall–Kier alpha value is -1.70. The first-order valence-electron chi connectivity index (χ1n) is 5.30. The van der Waals surface area contributed by atoms with Crippen molar-refractivity contribution in [3.05, 3.63) is 24.8 Å². The van der Waals surface area contributed by atoms with E-state index >= 15 is 0 Å². The molecule has 0 rings (SSSR count). The Kier molecular flexibility index (Phi) is 19.3. The smallest absolute Gasteiger partial charge is 0.330 e. The summed E-state index contributed by atoms with van der Waals surface area (Å²) in [7, 11) is 0. The molecule has 0 aliphatic rings. The predicted octanol–water partition coefficient (Wildman–Crippen LogP) is -0.286. The molecule has 7 nitrogen and oxygen atoms in total. The number of carboxylic acid groups (broad SMARTS) is 1. The molecule has 1 atom stereocenters. The van der Waals surface area contributed by atoms with Crippen molar-refractivity contribution in [3.8, 4) is 0 Å². The van der Waals surface area contributed by atoms with Gasteiger partial charge in [-0.1, -0.05) is 13.2 Å². The maximum atomic E-state index is 10.1. The highest BCUT2D eigenvalue weighted by molar-refractivity contribution is 5.84. The molecule has 0 aliphatic carbocycles. The van der Waals surface area contributed by atoms with Gasteiger partial charge in [0.2, 0.25) is 0 Å². The molecule has 0 radical (unpaired) electrons. The second kappa shape index (κ2) is 16.3. The summed E-state index contributed by atoms with van der Waals surface area (Å²) in [6.07, 6.45) is 0.491. The number of esters is 1. The monoisotopic (exact) mass is 278 g/mol. The number of rotatable bonds is 5. The summed E-state index contributed by atoms with van der Waals surface area (Å²) >= 11 is 0. The Morgan fingerprint density at radius 3 is 1.89 bits per heavy atom. The predicted molar refractivity (Wildman–Crippen MR) is 69.5 cm³/mol. The van der Waals surface area contributed by atoms with Gasteiger partial charge in [0.15, 0.2) is 0 Å². The first-order valence-corrected chi connectivity index (χ1v) is 5.30. The molecule has 0 bridgehead atoms. The van der Waals surface area contributed by atoms with Crippen molar-refractivity contribution in [1.29, 1.82) is 0 Å². The number of aliphatic hydroxyl groups excluding tert-OH is 3. The first-order chi connectivity index (χ1) is 8.72. The van der Waals surface area contributed by atoms with Crippen molar-refractivity contribution < 1.29 is 34.8 Å². The largest absolute Gasteiger partial charge is 0.478 e. The van der Waals surface area contributed by atoms with Gasteiger partial charge in [0.25, 0.3) is 0 Å². The zero-order valence-corrected chi connectivity index (χ0v) is 11.2. The van der Waals surface area contributed by atoms with E-state index in [4.69, 9.17) is 20.4 Å². The van der Waals surface area contributed by atoms with Crippen LogP contribution in [0.4, 0.5) is 0 Å². The number of carbonyl (C=O) groups is 2. The van der Waals surface area contributed by atoms with Crippen molar-refractivity contribution in [1.82, 2.24) is 0 Å². The Morgan fingerprint density at radius 2 is 1.74 bits per heavy atom. The Bertz CT molecular complexity index is 259. The Balaban J connectivity index is -0.000000209. The first kappa shape index (κ1) is 22.5. The molecule has 0 saturated heterocycles. The van der Waals surface area contributed by atoms with Crippen molar-refractivity contribution in [2.45, 2.75) is 20.0 Å². The molecule has 0 saturated carbocycles. The average molecular weight is 278 g/mol. The summed E-state index contributed by atoms with van der Waals surface area (Å²) in [6.45, 7) is 9.06. The van der Waals surface area contributed by atoms with Gasteiger partial charge < -0.3 is 25.2 Å². The fourth-order valence-electron chi connectivity index (χ4n) is 0.205. The molecule has 19 heavy (non-hydrogen) atoms. The van der Waals surface area contributed by atoms with E-state index in [1.807, 2.05) is 0 Å². The van der Waals surface area contributed by atoms with Crippen molar-refractivity contribution in [2.75, 3.05) is 19.8 Å². The summed E-state index contributed by atoms with van der Waals surface area (Å²) in [6, 6.07) is 0. The minimum Gasteiger partial charge on any atom is -0.478 e. The highest BCUT2D eigenvalue weighted by Gasteiger charge is 1.90. The van der Waals surface area contributed by atoms with Crippen LogP contribution in [0.3, 0.4) is 0 Å². The second-order valence-corrected chi connectivity index (χ2v) is 3.21. The molecule has 4 N–H and O–H groups in total. The standard InChI is InChI=1S/C5H8O3.C4H6O2.C3H8O2/c1-2-5(7)8-4-3-6;1-3(2)4(5)6;1-3(5)2-4/h2,6H,1,3-4H2;1H2,2H3,(H,5,6);3-5H,2H2,1H3. The number of carboxylic acids is 1. The van der Waals surface area contributed by atoms with Crippen LogP contribution < -0.4 is 0 Å². The van der Waals surface area contributed by atoms with Crippen LogP contribution in [0, 0.1) is 0 Å². The molecular weight excluding hydrogens is 256 g/mol. The molecular formula is C12H22O7. The topological polar surface area (TPSA) is 124 Å². The third kappa shape index (κ3) is 31.4.